The number of anilines is 1. The molecule has 1 rings (SSSR count). The average molecular weight is 298 g/mol. The van der Waals surface area contributed by atoms with Crippen molar-refractivity contribution in [3.05, 3.63) is 15.8 Å². The highest BCUT2D eigenvalue weighted by Crippen LogP contribution is 2.29. The van der Waals surface area contributed by atoms with Crippen LogP contribution in [0.2, 0.25) is 0 Å². The molecule has 1 heterocycles. The number of carboxylic acids is 1. The number of aryl methyl sites for hydroxylation is 2. The fraction of sp³-hybridized carbons (Fsp3) is 0.692. The van der Waals surface area contributed by atoms with Crippen molar-refractivity contribution in [1.82, 2.24) is 9.78 Å². The Bertz CT molecular complexity index is 513. The number of carboxylic acid groups (broad SMARTS) is 1. The molecule has 0 amide bonds. The molecule has 0 saturated heterocycles. The van der Waals surface area contributed by atoms with Gasteiger partial charge in [0.15, 0.2) is 0 Å². The minimum absolute atomic E-state index is 0.147. The molecule has 0 spiro atoms. The number of nitrogens with zero attached hydrogens (tertiary/aromatic N) is 3. The van der Waals surface area contributed by atoms with E-state index >= 15 is 0 Å². The van der Waals surface area contributed by atoms with Crippen molar-refractivity contribution >= 4 is 17.5 Å². The molecule has 118 valence electrons. The van der Waals surface area contributed by atoms with E-state index in [0.717, 1.165) is 19.3 Å². The topological polar surface area (TPSA) is 110 Å². The Kier molecular flexibility index (Phi) is 6.13. The minimum Gasteiger partial charge on any atom is -0.480 e. The third kappa shape index (κ3) is 4.17. The van der Waals surface area contributed by atoms with Crippen LogP contribution in [0.4, 0.5) is 11.5 Å². The molecule has 0 aromatic carbocycles. The van der Waals surface area contributed by atoms with Crippen LogP contribution in [0.1, 0.15) is 45.2 Å². The van der Waals surface area contributed by atoms with Crippen LogP contribution in [-0.2, 0) is 11.3 Å². The number of rotatable bonds is 9. The second-order valence-electron chi connectivity index (χ2n) is 4.94. The Morgan fingerprint density at radius 2 is 2.14 bits per heavy atom. The first-order chi connectivity index (χ1) is 9.92. The van der Waals surface area contributed by atoms with Crippen LogP contribution >= 0.6 is 0 Å². The summed E-state index contributed by atoms with van der Waals surface area (Å²) in [4.78, 5) is 22.0. The molecule has 0 fully saturated rings. The van der Waals surface area contributed by atoms with Crippen LogP contribution in [0, 0.1) is 17.0 Å². The zero-order valence-electron chi connectivity index (χ0n) is 12.6. The number of hydrogen-bond donors (Lipinski definition) is 2. The van der Waals surface area contributed by atoms with Crippen LogP contribution in [0.15, 0.2) is 0 Å². The van der Waals surface area contributed by atoms with Crippen molar-refractivity contribution in [3.63, 3.8) is 0 Å². The van der Waals surface area contributed by atoms with Crippen LogP contribution in [0.25, 0.3) is 0 Å². The summed E-state index contributed by atoms with van der Waals surface area (Å²) < 4.78 is 1.48. The summed E-state index contributed by atoms with van der Waals surface area (Å²) in [5.41, 5.74) is 0.141. The van der Waals surface area contributed by atoms with Gasteiger partial charge in [-0.3, -0.25) is 10.1 Å². The first-order valence-electron chi connectivity index (χ1n) is 7.13. The molecule has 0 bridgehead atoms. The predicted molar refractivity (Wildman–Crippen MR) is 78.5 cm³/mol. The van der Waals surface area contributed by atoms with E-state index < -0.39 is 16.9 Å². The van der Waals surface area contributed by atoms with E-state index in [1.54, 1.807) is 6.92 Å². The second-order valence-corrected chi connectivity index (χ2v) is 4.94. The molecule has 0 aliphatic carbocycles. The van der Waals surface area contributed by atoms with E-state index in [-0.39, 0.29) is 17.2 Å². The smallest absolute Gasteiger partial charge is 0.333 e. The largest absolute Gasteiger partial charge is 0.480 e. The monoisotopic (exact) mass is 298 g/mol. The molecule has 2 N–H and O–H groups in total. The maximum absolute atomic E-state index is 11.3. The Labute approximate surface area is 123 Å². The number of carbonyl (C=O) groups is 1. The number of nitro groups is 1. The van der Waals surface area contributed by atoms with E-state index in [1.165, 1.54) is 4.68 Å². The first kappa shape index (κ1) is 16.9. The van der Waals surface area contributed by atoms with Crippen molar-refractivity contribution < 1.29 is 14.8 Å². The lowest BCUT2D eigenvalue weighted by Crippen LogP contribution is -2.30. The quantitative estimate of drug-likeness (QED) is 0.535. The Balaban J connectivity index is 3.12. The Hall–Kier alpha value is -2.12. The van der Waals surface area contributed by atoms with Gasteiger partial charge in [0.2, 0.25) is 5.82 Å². The van der Waals surface area contributed by atoms with Crippen LogP contribution in [0.3, 0.4) is 0 Å². The molecule has 1 atom stereocenters. The third-order valence-electron chi connectivity index (χ3n) is 3.17. The summed E-state index contributed by atoms with van der Waals surface area (Å²) >= 11 is 0. The number of hydrogen-bond acceptors (Lipinski definition) is 5. The van der Waals surface area contributed by atoms with Crippen molar-refractivity contribution in [2.24, 2.45) is 0 Å². The Morgan fingerprint density at radius 1 is 1.48 bits per heavy atom. The fourth-order valence-corrected chi connectivity index (χ4v) is 2.14. The van der Waals surface area contributed by atoms with Crippen molar-refractivity contribution in [3.8, 4) is 0 Å². The number of aromatic nitrogens is 2. The molecule has 0 saturated carbocycles. The van der Waals surface area contributed by atoms with Gasteiger partial charge in [-0.05, 0) is 19.8 Å². The zero-order chi connectivity index (χ0) is 16.0. The Morgan fingerprint density at radius 3 is 2.62 bits per heavy atom. The lowest BCUT2D eigenvalue weighted by Gasteiger charge is -2.15. The van der Waals surface area contributed by atoms with E-state index in [4.69, 9.17) is 0 Å². The summed E-state index contributed by atoms with van der Waals surface area (Å²) in [5, 5.41) is 27.4. The zero-order valence-corrected chi connectivity index (χ0v) is 12.6. The summed E-state index contributed by atoms with van der Waals surface area (Å²) in [6.45, 7) is 5.94. The SMILES string of the molecule is CCCCC(Nc1c([N+](=O)[O-])c(C)nn1CCC)C(=O)O. The van der Waals surface area contributed by atoms with Gasteiger partial charge in [-0.2, -0.15) is 5.10 Å². The first-order valence-corrected chi connectivity index (χ1v) is 7.13. The van der Waals surface area contributed by atoms with Crippen molar-refractivity contribution in [1.29, 1.82) is 0 Å². The summed E-state index contributed by atoms with van der Waals surface area (Å²) in [5.74, 6) is -0.831. The highest BCUT2D eigenvalue weighted by molar-refractivity contribution is 5.78. The summed E-state index contributed by atoms with van der Waals surface area (Å²) in [6, 6.07) is -0.852. The van der Waals surface area contributed by atoms with Crippen molar-refractivity contribution in [2.75, 3.05) is 5.32 Å². The minimum atomic E-state index is -1.01. The van der Waals surface area contributed by atoms with Gasteiger partial charge in [-0.15, -0.1) is 0 Å². The van der Waals surface area contributed by atoms with E-state index in [2.05, 4.69) is 10.4 Å². The number of nitrogens with one attached hydrogen (secondary N) is 1. The van der Waals surface area contributed by atoms with Gasteiger partial charge in [0.05, 0.1) is 4.92 Å². The van der Waals surface area contributed by atoms with Gasteiger partial charge in [0.25, 0.3) is 0 Å². The highest BCUT2D eigenvalue weighted by atomic mass is 16.6. The maximum atomic E-state index is 11.3. The standard InChI is InChI=1S/C13H22N4O4/c1-4-6-7-10(13(18)19)14-12-11(17(20)21)9(3)15-16(12)8-5-2/h10,14H,4-8H2,1-3H3,(H,18,19). The van der Waals surface area contributed by atoms with Gasteiger partial charge in [-0.1, -0.05) is 26.7 Å². The lowest BCUT2D eigenvalue weighted by atomic mass is 10.1. The normalized spacial score (nSPS) is 12.1. The summed E-state index contributed by atoms with van der Waals surface area (Å²) in [7, 11) is 0. The molecule has 8 heteroatoms. The van der Waals surface area contributed by atoms with E-state index in [0.29, 0.717) is 13.0 Å². The molecule has 1 aromatic heterocycles. The molecule has 0 aliphatic rings. The van der Waals surface area contributed by atoms with Crippen LogP contribution in [-0.4, -0.2) is 31.8 Å². The molecule has 1 aromatic rings. The van der Waals surface area contributed by atoms with E-state index in [1.807, 2.05) is 13.8 Å². The highest BCUT2D eigenvalue weighted by Gasteiger charge is 2.28. The lowest BCUT2D eigenvalue weighted by molar-refractivity contribution is -0.384. The second kappa shape index (κ2) is 7.61. The average Bonchev–Trinajstić information content (AvgIpc) is 2.70. The third-order valence-corrected chi connectivity index (χ3v) is 3.17. The van der Waals surface area contributed by atoms with Gasteiger partial charge in [-0.25, -0.2) is 9.48 Å². The van der Waals surface area contributed by atoms with E-state index in [9.17, 15) is 20.0 Å². The molecular formula is C13H22N4O4. The fourth-order valence-electron chi connectivity index (χ4n) is 2.14. The molecular weight excluding hydrogens is 276 g/mol. The van der Waals surface area contributed by atoms with Crippen molar-refractivity contribution in [2.45, 2.75) is 59.0 Å². The molecule has 8 nitrogen and oxygen atoms in total. The molecule has 0 radical (unpaired) electrons. The molecule has 21 heavy (non-hydrogen) atoms. The molecule has 0 aliphatic heterocycles. The maximum Gasteiger partial charge on any atom is 0.333 e. The number of aliphatic carboxylic acids is 1. The molecule has 1 unspecified atom stereocenters. The van der Waals surface area contributed by atoms with Gasteiger partial charge < -0.3 is 10.4 Å². The number of unbranched alkanes of at least 4 members (excludes halogenated alkanes) is 1. The van der Waals surface area contributed by atoms with Crippen LogP contribution < -0.4 is 5.32 Å². The van der Waals surface area contributed by atoms with Gasteiger partial charge in [0, 0.05) is 6.54 Å². The van der Waals surface area contributed by atoms with Gasteiger partial charge in [0.1, 0.15) is 11.7 Å². The van der Waals surface area contributed by atoms with Gasteiger partial charge >= 0.3 is 11.7 Å². The summed E-state index contributed by atoms with van der Waals surface area (Å²) in [6.07, 6.45) is 2.76. The van der Waals surface area contributed by atoms with Crippen LogP contribution in [0.5, 0.6) is 0 Å². The predicted octanol–water partition coefficient (Wildman–Crippen LogP) is 2.57.